The van der Waals surface area contributed by atoms with Gasteiger partial charge in [-0.05, 0) is 66.7 Å². The third-order valence-electron chi connectivity index (χ3n) is 5.22. The van der Waals surface area contributed by atoms with E-state index in [4.69, 9.17) is 4.74 Å². The first-order chi connectivity index (χ1) is 18.2. The van der Waals surface area contributed by atoms with Crippen molar-refractivity contribution in [3.05, 3.63) is 97.3 Å². The number of sulfonamides is 2. The van der Waals surface area contributed by atoms with Crippen molar-refractivity contribution in [2.75, 3.05) is 28.0 Å². The Labute approximate surface area is 220 Å². The van der Waals surface area contributed by atoms with Gasteiger partial charge in [0.15, 0.2) is 0 Å². The summed E-state index contributed by atoms with van der Waals surface area (Å²) in [5.41, 5.74) is 0.578. The number of ether oxygens (including phenoxy) is 1. The Balaban J connectivity index is 1.51. The predicted molar refractivity (Wildman–Crippen MR) is 142 cm³/mol. The van der Waals surface area contributed by atoms with Crippen LogP contribution in [0, 0.1) is 0 Å². The second kappa shape index (κ2) is 11.3. The molecule has 0 fully saturated rings. The number of hydrogen-bond donors (Lipinski definition) is 2. The highest BCUT2D eigenvalue weighted by Gasteiger charge is 2.27. The number of amides is 1. The van der Waals surface area contributed by atoms with E-state index in [-0.39, 0.29) is 21.4 Å². The molecule has 0 saturated carbocycles. The number of methoxy groups -OCH3 is 1. The Hall–Kier alpha value is -4.49. The number of anilines is 3. The Bertz CT molecular complexity index is 1600. The zero-order valence-corrected chi connectivity index (χ0v) is 21.7. The number of aromatic nitrogens is 2. The maximum atomic E-state index is 13.4. The summed E-state index contributed by atoms with van der Waals surface area (Å²) in [5.74, 6) is -0.216. The highest BCUT2D eigenvalue weighted by atomic mass is 32.2. The van der Waals surface area contributed by atoms with Crippen molar-refractivity contribution in [1.29, 1.82) is 0 Å². The molecule has 3 aromatic carbocycles. The summed E-state index contributed by atoms with van der Waals surface area (Å²) >= 11 is 0. The number of carbonyl (C=O) groups is 1. The molecule has 38 heavy (non-hydrogen) atoms. The van der Waals surface area contributed by atoms with Gasteiger partial charge in [-0.2, -0.15) is 0 Å². The summed E-state index contributed by atoms with van der Waals surface area (Å²) in [4.78, 5) is 20.5. The van der Waals surface area contributed by atoms with Crippen LogP contribution in [0.5, 0.6) is 5.75 Å². The standard InChI is InChI=1S/C25H23N5O6S2/c1-36-21-10-14-23(15-11-21)38(34,35)30(20-6-3-2-4-7-20)18-24(31)28-19-8-12-22(13-9-19)37(32,33)29-25-26-16-5-17-27-25/h2-17H,18H2,1H3,(H,28,31)(H,26,27,29). The molecule has 2 N–H and O–H groups in total. The van der Waals surface area contributed by atoms with Crippen LogP contribution in [-0.2, 0) is 24.8 Å². The number of nitrogens with one attached hydrogen (secondary N) is 2. The zero-order valence-electron chi connectivity index (χ0n) is 20.1. The molecule has 0 saturated heterocycles. The van der Waals surface area contributed by atoms with Crippen LogP contribution in [0.3, 0.4) is 0 Å². The summed E-state index contributed by atoms with van der Waals surface area (Å²) in [6, 6.07) is 21.0. The molecular formula is C25H23N5O6S2. The first-order valence-corrected chi connectivity index (χ1v) is 14.0. The van der Waals surface area contributed by atoms with Crippen LogP contribution >= 0.6 is 0 Å². The van der Waals surface area contributed by atoms with Crippen LogP contribution in [0.25, 0.3) is 0 Å². The van der Waals surface area contributed by atoms with E-state index in [2.05, 4.69) is 20.0 Å². The van der Waals surface area contributed by atoms with E-state index in [9.17, 15) is 21.6 Å². The van der Waals surface area contributed by atoms with Crippen molar-refractivity contribution in [3.8, 4) is 5.75 Å². The van der Waals surface area contributed by atoms with Crippen molar-refractivity contribution in [1.82, 2.24) is 9.97 Å². The lowest BCUT2D eigenvalue weighted by atomic mass is 10.3. The lowest BCUT2D eigenvalue weighted by Crippen LogP contribution is -2.38. The average Bonchev–Trinajstić information content (AvgIpc) is 2.93. The zero-order chi connectivity index (χ0) is 27.2. The fraction of sp³-hybridized carbons (Fsp3) is 0.0800. The highest BCUT2D eigenvalue weighted by molar-refractivity contribution is 7.93. The summed E-state index contributed by atoms with van der Waals surface area (Å²) in [5, 5.41) is 2.61. The molecule has 13 heteroatoms. The number of carbonyl (C=O) groups excluding carboxylic acids is 1. The number of benzene rings is 3. The molecule has 4 rings (SSSR count). The van der Waals surface area contributed by atoms with Gasteiger partial charge < -0.3 is 10.1 Å². The van der Waals surface area contributed by atoms with Gasteiger partial charge in [-0.1, -0.05) is 18.2 Å². The molecule has 0 atom stereocenters. The average molecular weight is 554 g/mol. The van der Waals surface area contributed by atoms with Crippen LogP contribution in [0.2, 0.25) is 0 Å². The van der Waals surface area contributed by atoms with E-state index < -0.39 is 32.5 Å². The molecule has 0 aliphatic carbocycles. The van der Waals surface area contributed by atoms with Gasteiger partial charge in [-0.3, -0.25) is 9.10 Å². The summed E-state index contributed by atoms with van der Waals surface area (Å²) in [6.07, 6.45) is 2.80. The monoisotopic (exact) mass is 553 g/mol. The molecule has 0 spiro atoms. The second-order valence-corrected chi connectivity index (χ2v) is 11.3. The van der Waals surface area contributed by atoms with Crippen molar-refractivity contribution in [2.45, 2.75) is 9.79 Å². The van der Waals surface area contributed by atoms with Gasteiger partial charge in [0, 0.05) is 18.1 Å². The minimum absolute atomic E-state index is 0.0144. The van der Waals surface area contributed by atoms with Gasteiger partial charge in [-0.15, -0.1) is 0 Å². The van der Waals surface area contributed by atoms with E-state index in [0.29, 0.717) is 11.4 Å². The fourth-order valence-electron chi connectivity index (χ4n) is 3.36. The van der Waals surface area contributed by atoms with Gasteiger partial charge >= 0.3 is 0 Å². The van der Waals surface area contributed by atoms with Gasteiger partial charge in [0.05, 0.1) is 22.6 Å². The third kappa shape index (κ3) is 6.25. The summed E-state index contributed by atoms with van der Waals surface area (Å²) in [6.45, 7) is -0.522. The van der Waals surface area contributed by atoms with Crippen LogP contribution in [0.1, 0.15) is 0 Å². The Kier molecular flexibility index (Phi) is 7.88. The third-order valence-corrected chi connectivity index (χ3v) is 8.35. The Morgan fingerprint density at radius 2 is 1.42 bits per heavy atom. The molecular weight excluding hydrogens is 530 g/mol. The Morgan fingerprint density at radius 3 is 2.03 bits per heavy atom. The number of nitrogens with zero attached hydrogens (tertiary/aromatic N) is 3. The van der Waals surface area contributed by atoms with Crippen LogP contribution in [0.15, 0.2) is 107 Å². The fourth-order valence-corrected chi connectivity index (χ4v) is 5.74. The van der Waals surface area contributed by atoms with E-state index in [1.807, 2.05) is 0 Å². The van der Waals surface area contributed by atoms with Crippen molar-refractivity contribution >= 4 is 43.3 Å². The smallest absolute Gasteiger partial charge is 0.264 e. The molecule has 0 bridgehead atoms. The molecule has 196 valence electrons. The van der Waals surface area contributed by atoms with E-state index in [0.717, 1.165) is 4.31 Å². The van der Waals surface area contributed by atoms with Crippen LogP contribution in [0.4, 0.5) is 17.3 Å². The topological polar surface area (TPSA) is 148 Å². The van der Waals surface area contributed by atoms with Gasteiger partial charge in [-0.25, -0.2) is 31.5 Å². The maximum absolute atomic E-state index is 13.4. The molecule has 1 aromatic heterocycles. The highest BCUT2D eigenvalue weighted by Crippen LogP contribution is 2.25. The van der Waals surface area contributed by atoms with Gasteiger partial charge in [0.25, 0.3) is 20.0 Å². The lowest BCUT2D eigenvalue weighted by Gasteiger charge is -2.24. The second-order valence-electron chi connectivity index (χ2n) is 7.77. The number of para-hydroxylation sites is 1. The molecule has 0 aliphatic heterocycles. The van der Waals surface area contributed by atoms with E-state index >= 15 is 0 Å². The molecule has 1 heterocycles. The minimum Gasteiger partial charge on any atom is -0.497 e. The van der Waals surface area contributed by atoms with Crippen LogP contribution in [-0.4, -0.2) is 46.4 Å². The van der Waals surface area contributed by atoms with Crippen molar-refractivity contribution in [3.63, 3.8) is 0 Å². The maximum Gasteiger partial charge on any atom is 0.264 e. The first-order valence-electron chi connectivity index (χ1n) is 11.1. The molecule has 11 nitrogen and oxygen atoms in total. The van der Waals surface area contributed by atoms with Gasteiger partial charge in [0.1, 0.15) is 12.3 Å². The number of hydrogen-bond acceptors (Lipinski definition) is 8. The van der Waals surface area contributed by atoms with Crippen molar-refractivity contribution in [2.24, 2.45) is 0 Å². The molecule has 0 unspecified atom stereocenters. The molecule has 0 aliphatic rings. The molecule has 1 amide bonds. The first kappa shape index (κ1) is 26.6. The van der Waals surface area contributed by atoms with Crippen molar-refractivity contribution < 1.29 is 26.4 Å². The normalized spacial score (nSPS) is 11.4. The van der Waals surface area contributed by atoms with Crippen LogP contribution < -0.4 is 19.1 Å². The largest absolute Gasteiger partial charge is 0.497 e. The predicted octanol–water partition coefficient (Wildman–Crippen LogP) is 3.12. The van der Waals surface area contributed by atoms with E-state index in [1.54, 1.807) is 36.4 Å². The minimum atomic E-state index is -4.10. The number of rotatable bonds is 10. The van der Waals surface area contributed by atoms with Gasteiger partial charge in [0.2, 0.25) is 11.9 Å². The summed E-state index contributed by atoms with van der Waals surface area (Å²) < 4.78 is 60.4. The molecule has 0 radical (unpaired) electrons. The molecule has 4 aromatic rings. The quantitative estimate of drug-likeness (QED) is 0.304. The Morgan fingerprint density at radius 1 is 0.816 bits per heavy atom. The lowest BCUT2D eigenvalue weighted by molar-refractivity contribution is -0.114. The SMILES string of the molecule is COc1ccc(S(=O)(=O)N(CC(=O)Nc2ccc(S(=O)(=O)Nc3ncccn3)cc2)c2ccccc2)cc1. The summed E-state index contributed by atoms with van der Waals surface area (Å²) in [7, 11) is -6.59. The van der Waals surface area contributed by atoms with E-state index in [1.165, 1.54) is 68.0 Å².